The van der Waals surface area contributed by atoms with Crippen LogP contribution >= 0.6 is 45.7 Å². The van der Waals surface area contributed by atoms with Gasteiger partial charge in [0.15, 0.2) is 0 Å². The molecule has 0 unspecified atom stereocenters. The summed E-state index contributed by atoms with van der Waals surface area (Å²) in [6, 6.07) is 0. The molecule has 0 bridgehead atoms. The van der Waals surface area contributed by atoms with Gasteiger partial charge in [-0.2, -0.15) is 12.6 Å². The Balaban J connectivity index is -0.0000000183. The molecule has 0 radical (unpaired) electrons. The van der Waals surface area contributed by atoms with E-state index < -0.39 is 8.25 Å². The predicted molar refractivity (Wildman–Crippen MR) is 41.5 cm³/mol. The minimum Gasteiger partial charge on any atom is -0.183 e. The fourth-order valence-corrected chi connectivity index (χ4v) is 0. The number of thiol groups is 1. The third-order valence-electron chi connectivity index (χ3n) is 0. The fraction of sp³-hybridized carbons (Fsp3) is 1.00. The lowest BCUT2D eigenvalue weighted by Crippen LogP contribution is -1.38. The Bertz CT molecular complexity index is 40.3. The molecular formula is CH8Cl2O3PS+. The van der Waals surface area contributed by atoms with Crippen LogP contribution in [0.25, 0.3) is 0 Å². The van der Waals surface area contributed by atoms with Crippen molar-refractivity contribution in [3.05, 3.63) is 0 Å². The molecular weight excluding hydrogens is 194 g/mol. The van der Waals surface area contributed by atoms with Gasteiger partial charge in [-0.1, -0.05) is 0 Å². The van der Waals surface area contributed by atoms with Gasteiger partial charge in [0.2, 0.25) is 0 Å². The summed E-state index contributed by atoms with van der Waals surface area (Å²) in [5, 5.41) is 0. The number of halogens is 2. The van der Waals surface area contributed by atoms with Crippen molar-refractivity contribution in [2.45, 2.75) is 0 Å². The fourth-order valence-electron chi connectivity index (χ4n) is 0. The minimum atomic E-state index is -2.87. The first-order chi connectivity index (χ1) is 2.73. The molecule has 0 aromatic heterocycles. The van der Waals surface area contributed by atoms with Gasteiger partial charge in [0, 0.05) is 4.57 Å². The standard InChI is InChI=1S/CH4S.2ClH.HO3P/c1-2;;;1-4(2)3/h2H,1H3;2*1H;(H-,1,2,3)/p+1. The van der Waals surface area contributed by atoms with Gasteiger partial charge in [0.25, 0.3) is 0 Å². The van der Waals surface area contributed by atoms with Gasteiger partial charge in [-0.15, -0.1) is 34.6 Å². The van der Waals surface area contributed by atoms with E-state index in [1.807, 2.05) is 0 Å². The molecule has 0 fully saturated rings. The molecule has 0 amide bonds. The smallest absolute Gasteiger partial charge is 0.183 e. The van der Waals surface area contributed by atoms with Crippen molar-refractivity contribution in [3.63, 3.8) is 0 Å². The van der Waals surface area contributed by atoms with Crippen LogP contribution in [0.4, 0.5) is 0 Å². The normalized spacial score (nSPS) is 4.00. The van der Waals surface area contributed by atoms with Gasteiger partial charge in [0.1, 0.15) is 0 Å². The molecule has 0 aromatic carbocycles. The second-order valence-electron chi connectivity index (χ2n) is 0.253. The first kappa shape index (κ1) is 23.1. The van der Waals surface area contributed by atoms with E-state index in [1.165, 1.54) is 0 Å². The van der Waals surface area contributed by atoms with Gasteiger partial charge < -0.3 is 0 Å². The van der Waals surface area contributed by atoms with Crippen LogP contribution in [0.15, 0.2) is 0 Å². The van der Waals surface area contributed by atoms with Crippen LogP contribution in [-0.4, -0.2) is 16.0 Å². The molecule has 0 rings (SSSR count). The summed E-state index contributed by atoms with van der Waals surface area (Å²) < 4.78 is 8.70. The highest BCUT2D eigenvalue weighted by Crippen LogP contribution is 1.98. The number of rotatable bonds is 0. The number of hydrogen-bond acceptors (Lipinski definition) is 2. The Morgan fingerprint density at radius 3 is 1.25 bits per heavy atom. The predicted octanol–water partition coefficient (Wildman–Crippen LogP) is 1.02. The maximum Gasteiger partial charge on any atom is 0.692 e. The molecule has 0 atom stereocenters. The molecule has 0 aromatic rings. The molecule has 0 saturated carbocycles. The second kappa shape index (κ2) is 24.6. The van der Waals surface area contributed by atoms with E-state index in [4.69, 9.17) is 14.4 Å². The first-order valence-corrected chi connectivity index (χ1v) is 3.09. The Hall–Kier alpha value is 0.950. The topological polar surface area (TPSA) is 57.5 Å². The van der Waals surface area contributed by atoms with E-state index in [1.54, 1.807) is 6.26 Å². The molecule has 7 heteroatoms. The summed E-state index contributed by atoms with van der Waals surface area (Å²) in [5.41, 5.74) is 0. The molecule has 0 spiro atoms. The zero-order valence-corrected chi connectivity index (χ0v) is 7.44. The van der Waals surface area contributed by atoms with Crippen molar-refractivity contribution in [3.8, 4) is 0 Å². The maximum absolute atomic E-state index is 8.70. The lowest BCUT2D eigenvalue weighted by atomic mass is 12.0. The Labute approximate surface area is 66.7 Å². The van der Waals surface area contributed by atoms with E-state index in [2.05, 4.69) is 12.6 Å². The number of hydrogen-bond donors (Lipinski definition) is 3. The highest BCUT2D eigenvalue weighted by Gasteiger charge is 1.93. The molecule has 0 aliphatic rings. The molecule has 54 valence electrons. The molecule has 0 aliphatic carbocycles. The quantitative estimate of drug-likeness (QED) is 0.406. The highest BCUT2D eigenvalue weighted by molar-refractivity contribution is 7.79. The van der Waals surface area contributed by atoms with Crippen molar-refractivity contribution in [2.24, 2.45) is 0 Å². The molecule has 2 N–H and O–H groups in total. The van der Waals surface area contributed by atoms with Crippen molar-refractivity contribution < 1.29 is 14.4 Å². The van der Waals surface area contributed by atoms with Crippen LogP contribution in [0.3, 0.4) is 0 Å². The van der Waals surface area contributed by atoms with Gasteiger partial charge in [0.05, 0.1) is 0 Å². The molecule has 0 heterocycles. The third kappa shape index (κ3) is 273. The summed E-state index contributed by atoms with van der Waals surface area (Å²) in [6.45, 7) is 0. The summed E-state index contributed by atoms with van der Waals surface area (Å²) >= 11 is 3.53. The molecule has 0 saturated heterocycles. The zero-order chi connectivity index (χ0) is 5.58. The Kier molecular flexibility index (Phi) is 71.0. The Morgan fingerprint density at radius 1 is 1.25 bits per heavy atom. The first-order valence-electron chi connectivity index (χ1n) is 1.03. The highest BCUT2D eigenvalue weighted by atomic mass is 35.5. The van der Waals surface area contributed by atoms with E-state index >= 15 is 0 Å². The average molecular weight is 202 g/mol. The lowest BCUT2D eigenvalue weighted by molar-refractivity contribution is 0.405. The van der Waals surface area contributed by atoms with Crippen LogP contribution < -0.4 is 0 Å². The van der Waals surface area contributed by atoms with Crippen LogP contribution in [0.5, 0.6) is 0 Å². The van der Waals surface area contributed by atoms with E-state index in [9.17, 15) is 0 Å². The Morgan fingerprint density at radius 2 is 1.25 bits per heavy atom. The SMILES string of the molecule is CS.Cl.Cl.O=[P+](O)O. The summed E-state index contributed by atoms with van der Waals surface area (Å²) in [6.07, 6.45) is 1.69. The zero-order valence-electron chi connectivity index (χ0n) is 4.01. The average Bonchev–Trinajstić information content (AvgIpc) is 1.41. The minimum absolute atomic E-state index is 0. The van der Waals surface area contributed by atoms with Crippen LogP contribution in [0.1, 0.15) is 0 Å². The summed E-state index contributed by atoms with van der Waals surface area (Å²) in [4.78, 5) is 14.2. The van der Waals surface area contributed by atoms with E-state index in [0.717, 1.165) is 0 Å². The van der Waals surface area contributed by atoms with E-state index in [-0.39, 0.29) is 24.8 Å². The largest absolute Gasteiger partial charge is 0.692 e. The van der Waals surface area contributed by atoms with Gasteiger partial charge >= 0.3 is 8.25 Å². The summed E-state index contributed by atoms with van der Waals surface area (Å²) in [7, 11) is -2.87. The van der Waals surface area contributed by atoms with Crippen molar-refractivity contribution in [2.75, 3.05) is 6.26 Å². The second-order valence-corrected chi connectivity index (χ2v) is 0.758. The van der Waals surface area contributed by atoms with Crippen LogP contribution in [0, 0.1) is 0 Å². The lowest BCUT2D eigenvalue weighted by Gasteiger charge is -1.34. The van der Waals surface area contributed by atoms with Crippen molar-refractivity contribution in [1.82, 2.24) is 0 Å². The maximum atomic E-state index is 8.70. The van der Waals surface area contributed by atoms with E-state index in [0.29, 0.717) is 0 Å². The molecule has 8 heavy (non-hydrogen) atoms. The third-order valence-corrected chi connectivity index (χ3v) is 0. The van der Waals surface area contributed by atoms with Crippen LogP contribution in [0.2, 0.25) is 0 Å². The van der Waals surface area contributed by atoms with Crippen molar-refractivity contribution in [1.29, 1.82) is 0 Å². The monoisotopic (exact) mass is 201 g/mol. The van der Waals surface area contributed by atoms with Gasteiger partial charge in [-0.3, -0.25) is 0 Å². The van der Waals surface area contributed by atoms with Crippen LogP contribution in [-0.2, 0) is 4.57 Å². The van der Waals surface area contributed by atoms with Gasteiger partial charge in [-0.05, 0) is 6.26 Å². The summed E-state index contributed by atoms with van der Waals surface area (Å²) in [5.74, 6) is 0. The molecule has 3 nitrogen and oxygen atoms in total. The molecule has 0 aliphatic heterocycles. The van der Waals surface area contributed by atoms with Crippen molar-refractivity contribution >= 4 is 45.7 Å². The van der Waals surface area contributed by atoms with Gasteiger partial charge in [-0.25, -0.2) is 0 Å².